The second-order valence-electron chi connectivity index (χ2n) is 5.68. The Bertz CT molecular complexity index is 443. The van der Waals surface area contributed by atoms with Gasteiger partial charge in [-0.1, -0.05) is 22.4 Å². The van der Waals surface area contributed by atoms with Gasteiger partial charge in [-0.2, -0.15) is 0 Å². The van der Waals surface area contributed by atoms with E-state index in [9.17, 15) is 4.79 Å². The van der Waals surface area contributed by atoms with Gasteiger partial charge in [0.1, 0.15) is 0 Å². The quantitative estimate of drug-likeness (QED) is 0.652. The number of amides is 1. The highest BCUT2D eigenvalue weighted by atomic mass is 79.9. The number of nitrogens with one attached hydrogen (secondary N) is 1. The molecule has 3 rings (SSSR count). The zero-order chi connectivity index (χ0) is 13.2. The summed E-state index contributed by atoms with van der Waals surface area (Å²) in [6, 6.07) is 2.13. The molecule has 1 aromatic rings. The topological polar surface area (TPSA) is 29.1 Å². The molecule has 1 unspecified atom stereocenters. The number of aryl methyl sites for hydroxylation is 2. The van der Waals surface area contributed by atoms with E-state index in [0.29, 0.717) is 4.83 Å². The van der Waals surface area contributed by atoms with E-state index in [4.69, 9.17) is 0 Å². The van der Waals surface area contributed by atoms with Gasteiger partial charge in [-0.25, -0.2) is 0 Å². The molecule has 0 aromatic carbocycles. The average Bonchev–Trinajstić information content (AvgIpc) is 3.21. The van der Waals surface area contributed by atoms with Crippen molar-refractivity contribution in [2.75, 3.05) is 6.54 Å². The lowest BCUT2D eigenvalue weighted by atomic mass is 10.1. The van der Waals surface area contributed by atoms with Gasteiger partial charge in [0.05, 0.1) is 4.88 Å². The van der Waals surface area contributed by atoms with E-state index in [-0.39, 0.29) is 5.91 Å². The summed E-state index contributed by atoms with van der Waals surface area (Å²) < 4.78 is 0. The Morgan fingerprint density at radius 2 is 2.16 bits per heavy atom. The number of carbonyl (C=O) groups excluding carboxylic acids is 1. The molecule has 1 aromatic heterocycles. The molecule has 1 fully saturated rings. The molecular formula is C15H20BrNOS. The van der Waals surface area contributed by atoms with Gasteiger partial charge in [0, 0.05) is 16.2 Å². The molecule has 0 bridgehead atoms. The summed E-state index contributed by atoms with van der Waals surface area (Å²) in [5.74, 6) is 0.892. The van der Waals surface area contributed by atoms with Gasteiger partial charge in [0.2, 0.25) is 0 Å². The minimum Gasteiger partial charge on any atom is -0.350 e. The zero-order valence-corrected chi connectivity index (χ0v) is 13.5. The van der Waals surface area contributed by atoms with Gasteiger partial charge in [-0.05, 0) is 56.1 Å². The molecule has 0 radical (unpaired) electrons. The Morgan fingerprint density at radius 3 is 2.95 bits per heavy atom. The largest absolute Gasteiger partial charge is 0.350 e. The van der Waals surface area contributed by atoms with Gasteiger partial charge < -0.3 is 5.32 Å². The van der Waals surface area contributed by atoms with E-state index < -0.39 is 0 Å². The smallest absolute Gasteiger partial charge is 0.261 e. The maximum Gasteiger partial charge on any atom is 0.261 e. The molecule has 1 saturated carbocycles. The third kappa shape index (κ3) is 3.40. The Labute approximate surface area is 127 Å². The van der Waals surface area contributed by atoms with Crippen LogP contribution >= 0.6 is 27.3 Å². The molecule has 2 nitrogen and oxygen atoms in total. The summed E-state index contributed by atoms with van der Waals surface area (Å²) in [7, 11) is 0. The number of rotatable bonds is 4. The molecule has 4 heteroatoms. The lowest BCUT2D eigenvalue weighted by Crippen LogP contribution is -2.29. The highest BCUT2D eigenvalue weighted by Crippen LogP contribution is 2.36. The predicted octanol–water partition coefficient (Wildman–Crippen LogP) is 3.92. The summed E-state index contributed by atoms with van der Waals surface area (Å²) in [5.41, 5.74) is 1.42. The predicted molar refractivity (Wildman–Crippen MR) is 83.4 cm³/mol. The molecule has 19 heavy (non-hydrogen) atoms. The van der Waals surface area contributed by atoms with Crippen molar-refractivity contribution in [1.82, 2.24) is 5.32 Å². The summed E-state index contributed by atoms with van der Waals surface area (Å²) in [4.78, 5) is 15.0. The van der Waals surface area contributed by atoms with E-state index in [1.165, 1.54) is 42.5 Å². The van der Waals surface area contributed by atoms with Gasteiger partial charge >= 0.3 is 0 Å². The van der Waals surface area contributed by atoms with Crippen LogP contribution in [0.1, 0.15) is 52.2 Å². The fourth-order valence-corrected chi connectivity index (χ4v) is 4.54. The molecule has 1 N–H and O–H groups in total. The number of fused-ring (bicyclic) bond motifs is 1. The van der Waals surface area contributed by atoms with Gasteiger partial charge in [0.15, 0.2) is 0 Å². The first-order valence-corrected chi connectivity index (χ1v) is 9.01. The van der Waals surface area contributed by atoms with E-state index >= 15 is 0 Å². The van der Waals surface area contributed by atoms with Crippen molar-refractivity contribution in [2.45, 2.75) is 49.8 Å². The first-order valence-electron chi connectivity index (χ1n) is 7.28. The second-order valence-corrected chi connectivity index (χ2v) is 8.00. The third-order valence-corrected chi connectivity index (χ3v) is 6.37. The monoisotopic (exact) mass is 341 g/mol. The molecule has 0 spiro atoms. The molecule has 0 saturated heterocycles. The van der Waals surface area contributed by atoms with E-state index in [1.54, 1.807) is 11.3 Å². The Kier molecular flexibility index (Phi) is 4.27. The molecule has 1 heterocycles. The van der Waals surface area contributed by atoms with Crippen LogP contribution in [0.25, 0.3) is 0 Å². The summed E-state index contributed by atoms with van der Waals surface area (Å²) >= 11 is 5.37. The van der Waals surface area contributed by atoms with Crippen molar-refractivity contribution in [3.63, 3.8) is 0 Å². The van der Waals surface area contributed by atoms with Crippen LogP contribution in [0.5, 0.6) is 0 Å². The number of thiophene rings is 1. The molecule has 0 aliphatic heterocycles. The molecule has 2 aliphatic carbocycles. The number of alkyl halides is 1. The van der Waals surface area contributed by atoms with Crippen molar-refractivity contribution < 1.29 is 4.79 Å². The normalized spacial score (nSPS) is 20.5. The van der Waals surface area contributed by atoms with Gasteiger partial charge in [0.25, 0.3) is 5.91 Å². The highest BCUT2D eigenvalue weighted by molar-refractivity contribution is 9.09. The maximum absolute atomic E-state index is 12.2. The lowest BCUT2D eigenvalue weighted by Gasteiger charge is -2.08. The third-order valence-electron chi connectivity index (χ3n) is 4.06. The Balaban J connectivity index is 1.60. The van der Waals surface area contributed by atoms with Gasteiger partial charge in [-0.3, -0.25) is 4.79 Å². The van der Waals surface area contributed by atoms with Gasteiger partial charge in [-0.15, -0.1) is 11.3 Å². The van der Waals surface area contributed by atoms with Crippen molar-refractivity contribution in [3.8, 4) is 0 Å². The minimum atomic E-state index is 0.114. The van der Waals surface area contributed by atoms with Crippen LogP contribution in [0.15, 0.2) is 6.07 Å². The van der Waals surface area contributed by atoms with Crippen LogP contribution in [-0.4, -0.2) is 17.3 Å². The lowest BCUT2D eigenvalue weighted by molar-refractivity contribution is 0.0957. The fraction of sp³-hybridized carbons (Fsp3) is 0.667. The Morgan fingerprint density at radius 1 is 1.37 bits per heavy atom. The molecular weight excluding hydrogens is 322 g/mol. The summed E-state index contributed by atoms with van der Waals surface area (Å²) in [5, 5.41) is 3.07. The summed E-state index contributed by atoms with van der Waals surface area (Å²) in [6.45, 7) is 0.756. The van der Waals surface area contributed by atoms with Crippen LogP contribution in [0.3, 0.4) is 0 Å². The average molecular weight is 342 g/mol. The van der Waals surface area contributed by atoms with Crippen LogP contribution in [0.4, 0.5) is 0 Å². The standard InChI is InChI=1S/C15H20BrNOS/c16-12(10-6-7-10)9-17-15(18)14-8-11-4-2-1-3-5-13(11)19-14/h8,10,12H,1-7,9H2,(H,17,18). The summed E-state index contributed by atoms with van der Waals surface area (Å²) in [6.07, 6.45) is 8.81. The number of carbonyl (C=O) groups is 1. The van der Waals surface area contributed by atoms with Crippen molar-refractivity contribution in [2.24, 2.45) is 5.92 Å². The molecule has 104 valence electrons. The highest BCUT2D eigenvalue weighted by Gasteiger charge is 2.29. The SMILES string of the molecule is O=C(NCC(Br)C1CC1)c1cc2c(s1)CCCCC2. The number of hydrogen-bond donors (Lipinski definition) is 1. The first kappa shape index (κ1) is 13.6. The van der Waals surface area contributed by atoms with E-state index in [1.807, 2.05) is 0 Å². The maximum atomic E-state index is 12.2. The Hall–Kier alpha value is -0.350. The van der Waals surface area contributed by atoms with E-state index in [2.05, 4.69) is 27.3 Å². The molecule has 2 aliphatic rings. The van der Waals surface area contributed by atoms with Crippen LogP contribution < -0.4 is 5.32 Å². The van der Waals surface area contributed by atoms with Crippen molar-refractivity contribution in [3.05, 3.63) is 21.4 Å². The minimum absolute atomic E-state index is 0.114. The van der Waals surface area contributed by atoms with Crippen molar-refractivity contribution >= 4 is 33.2 Å². The number of hydrogen-bond acceptors (Lipinski definition) is 2. The van der Waals surface area contributed by atoms with Crippen molar-refractivity contribution in [1.29, 1.82) is 0 Å². The first-order chi connectivity index (χ1) is 9.24. The van der Waals surface area contributed by atoms with Crippen LogP contribution in [0, 0.1) is 5.92 Å². The zero-order valence-electron chi connectivity index (χ0n) is 11.1. The number of halogens is 1. The second kappa shape index (κ2) is 5.96. The van der Waals surface area contributed by atoms with Crippen LogP contribution in [0.2, 0.25) is 0 Å². The molecule has 1 atom stereocenters. The molecule has 1 amide bonds. The van der Waals surface area contributed by atoms with E-state index in [0.717, 1.165) is 30.2 Å². The fourth-order valence-electron chi connectivity index (χ4n) is 2.68. The van der Waals surface area contributed by atoms with Crippen LogP contribution in [-0.2, 0) is 12.8 Å².